The second kappa shape index (κ2) is 4.69. The molecule has 0 aromatic heterocycles. The van der Waals surface area contributed by atoms with Gasteiger partial charge in [0.25, 0.3) is 0 Å². The number of rotatable bonds is 3. The van der Waals surface area contributed by atoms with Crippen LogP contribution in [0.15, 0.2) is 18.2 Å². The molecule has 0 radical (unpaired) electrons. The summed E-state index contributed by atoms with van der Waals surface area (Å²) in [6.45, 7) is 1.85. The maximum Gasteiger partial charge on any atom is 0.136 e. The van der Waals surface area contributed by atoms with Gasteiger partial charge in [0.2, 0.25) is 0 Å². The van der Waals surface area contributed by atoms with E-state index in [1.165, 1.54) is 6.07 Å². The Kier molecular flexibility index (Phi) is 3.84. The van der Waals surface area contributed by atoms with Gasteiger partial charge in [-0.25, -0.2) is 4.39 Å². The van der Waals surface area contributed by atoms with Crippen molar-refractivity contribution in [2.45, 2.75) is 13.3 Å². The van der Waals surface area contributed by atoms with Crippen molar-refractivity contribution in [2.75, 3.05) is 0 Å². The molecule has 0 aliphatic carbocycles. The highest BCUT2D eigenvalue weighted by atomic mass is 127. The van der Waals surface area contributed by atoms with Gasteiger partial charge in [-0.1, -0.05) is 13.0 Å². The molecule has 0 spiro atoms. The predicted octanol–water partition coefficient (Wildman–Crippen LogP) is 2.81. The summed E-state index contributed by atoms with van der Waals surface area (Å²) in [7, 11) is 0. The Bertz CT molecular complexity index is 312. The highest BCUT2D eigenvalue weighted by molar-refractivity contribution is 14.1. The number of hydrogen-bond acceptors (Lipinski definition) is 1. The zero-order valence-corrected chi connectivity index (χ0v) is 9.42. The minimum Gasteiger partial charge on any atom is -0.303 e. The lowest BCUT2D eigenvalue weighted by molar-refractivity contribution is -0.110. The Morgan fingerprint density at radius 1 is 1.62 bits per heavy atom. The minimum atomic E-state index is -0.205. The van der Waals surface area contributed by atoms with E-state index in [1.54, 1.807) is 12.1 Å². The van der Waals surface area contributed by atoms with Gasteiger partial charge < -0.3 is 4.79 Å². The van der Waals surface area contributed by atoms with Gasteiger partial charge in [-0.15, -0.1) is 0 Å². The fraction of sp³-hybridized carbons (Fsp3) is 0.300. The molecule has 1 aromatic carbocycles. The zero-order chi connectivity index (χ0) is 9.84. The molecule has 0 saturated carbocycles. The first kappa shape index (κ1) is 10.6. The summed E-state index contributed by atoms with van der Waals surface area (Å²) in [5, 5.41) is 0. The van der Waals surface area contributed by atoms with Crippen LogP contribution < -0.4 is 0 Å². The van der Waals surface area contributed by atoms with Crippen molar-refractivity contribution >= 4 is 28.9 Å². The molecule has 0 bridgehead atoms. The molecule has 1 unspecified atom stereocenters. The fourth-order valence-corrected chi connectivity index (χ4v) is 1.67. The molecule has 0 aliphatic rings. The van der Waals surface area contributed by atoms with Crippen LogP contribution in [0.2, 0.25) is 0 Å². The topological polar surface area (TPSA) is 17.1 Å². The summed E-state index contributed by atoms with van der Waals surface area (Å²) in [4.78, 5) is 10.4. The van der Waals surface area contributed by atoms with Gasteiger partial charge in [0, 0.05) is 9.49 Å². The highest BCUT2D eigenvalue weighted by Gasteiger charge is 2.04. The fourth-order valence-electron chi connectivity index (χ4n) is 1.09. The van der Waals surface area contributed by atoms with E-state index in [9.17, 15) is 9.18 Å². The smallest absolute Gasteiger partial charge is 0.136 e. The number of halogens is 2. The van der Waals surface area contributed by atoms with Crippen molar-refractivity contribution in [1.29, 1.82) is 0 Å². The molecule has 13 heavy (non-hydrogen) atoms. The van der Waals surface area contributed by atoms with Gasteiger partial charge in [0.15, 0.2) is 0 Å². The van der Waals surface area contributed by atoms with Crippen LogP contribution in [-0.2, 0) is 11.2 Å². The largest absolute Gasteiger partial charge is 0.303 e. The molecule has 0 heterocycles. The molecule has 70 valence electrons. The normalized spacial score (nSPS) is 12.5. The summed E-state index contributed by atoms with van der Waals surface area (Å²) in [6, 6.07) is 4.93. The van der Waals surface area contributed by atoms with Crippen LogP contribution in [0.1, 0.15) is 12.5 Å². The van der Waals surface area contributed by atoms with Crippen LogP contribution in [0.3, 0.4) is 0 Å². The monoisotopic (exact) mass is 292 g/mol. The Balaban J connectivity index is 2.79. The van der Waals surface area contributed by atoms with Crippen molar-refractivity contribution in [1.82, 2.24) is 0 Å². The second-order valence-corrected chi connectivity index (χ2v) is 4.23. The van der Waals surface area contributed by atoms with Crippen molar-refractivity contribution in [2.24, 2.45) is 5.92 Å². The lowest BCUT2D eigenvalue weighted by atomic mass is 10.0. The number of aldehydes is 1. The van der Waals surface area contributed by atoms with Gasteiger partial charge in [0.1, 0.15) is 12.1 Å². The van der Waals surface area contributed by atoms with Crippen molar-refractivity contribution in [3.63, 3.8) is 0 Å². The van der Waals surface area contributed by atoms with Gasteiger partial charge >= 0.3 is 0 Å². The van der Waals surface area contributed by atoms with Gasteiger partial charge in [-0.05, 0) is 46.7 Å². The maximum atomic E-state index is 12.8. The molecule has 0 amide bonds. The van der Waals surface area contributed by atoms with E-state index in [-0.39, 0.29) is 11.7 Å². The number of hydrogen-bond donors (Lipinski definition) is 0. The van der Waals surface area contributed by atoms with E-state index in [2.05, 4.69) is 0 Å². The van der Waals surface area contributed by atoms with Crippen LogP contribution in [0.5, 0.6) is 0 Å². The van der Waals surface area contributed by atoms with E-state index >= 15 is 0 Å². The van der Waals surface area contributed by atoms with Crippen LogP contribution >= 0.6 is 22.6 Å². The SMILES string of the molecule is CC(C=O)Cc1ccc(F)c(I)c1. The van der Waals surface area contributed by atoms with Crippen molar-refractivity contribution in [3.8, 4) is 0 Å². The van der Waals surface area contributed by atoms with Crippen molar-refractivity contribution in [3.05, 3.63) is 33.1 Å². The Morgan fingerprint density at radius 3 is 2.85 bits per heavy atom. The molecular formula is C10H10FIO. The molecule has 3 heteroatoms. The van der Waals surface area contributed by atoms with E-state index in [1.807, 2.05) is 29.5 Å². The number of carbonyl (C=O) groups is 1. The third kappa shape index (κ3) is 3.06. The van der Waals surface area contributed by atoms with E-state index in [4.69, 9.17) is 0 Å². The molecule has 1 atom stereocenters. The number of benzene rings is 1. The lowest BCUT2D eigenvalue weighted by Gasteiger charge is -2.04. The van der Waals surface area contributed by atoms with Crippen LogP contribution in [0, 0.1) is 15.3 Å². The Morgan fingerprint density at radius 2 is 2.31 bits per heavy atom. The van der Waals surface area contributed by atoms with Gasteiger partial charge in [0.05, 0.1) is 0 Å². The summed E-state index contributed by atoms with van der Waals surface area (Å²) in [5.41, 5.74) is 1.01. The minimum absolute atomic E-state index is 0.00117. The first-order chi connectivity index (χ1) is 6.13. The lowest BCUT2D eigenvalue weighted by Crippen LogP contribution is -2.01. The summed E-state index contributed by atoms with van der Waals surface area (Å²) >= 11 is 1.95. The molecule has 0 saturated heterocycles. The van der Waals surface area contributed by atoms with Crippen LogP contribution in [-0.4, -0.2) is 6.29 Å². The Labute approximate surface area is 90.5 Å². The molecule has 0 aliphatic heterocycles. The first-order valence-electron chi connectivity index (χ1n) is 4.02. The van der Waals surface area contributed by atoms with Crippen molar-refractivity contribution < 1.29 is 9.18 Å². The maximum absolute atomic E-state index is 12.8. The predicted molar refractivity (Wildman–Crippen MR) is 58.0 cm³/mol. The standard InChI is InChI=1S/C10H10FIO/c1-7(6-13)4-8-2-3-9(11)10(12)5-8/h2-3,5-7H,4H2,1H3. The molecule has 1 rings (SSSR count). The average molecular weight is 292 g/mol. The Hall–Kier alpha value is -0.450. The summed E-state index contributed by atoms with van der Waals surface area (Å²) < 4.78 is 13.4. The van der Waals surface area contributed by atoms with Crippen LogP contribution in [0.25, 0.3) is 0 Å². The zero-order valence-electron chi connectivity index (χ0n) is 7.26. The first-order valence-corrected chi connectivity index (χ1v) is 5.10. The van der Waals surface area contributed by atoms with E-state index < -0.39 is 0 Å². The third-order valence-electron chi connectivity index (χ3n) is 1.77. The quantitative estimate of drug-likeness (QED) is 0.618. The van der Waals surface area contributed by atoms with Gasteiger partial charge in [-0.3, -0.25) is 0 Å². The van der Waals surface area contributed by atoms with Crippen LogP contribution in [0.4, 0.5) is 4.39 Å². The van der Waals surface area contributed by atoms with E-state index in [0.29, 0.717) is 9.99 Å². The molecule has 1 nitrogen and oxygen atoms in total. The average Bonchev–Trinajstić information content (AvgIpc) is 2.11. The third-order valence-corrected chi connectivity index (χ3v) is 2.60. The molecular weight excluding hydrogens is 282 g/mol. The molecule has 0 fully saturated rings. The second-order valence-electron chi connectivity index (χ2n) is 3.07. The molecule has 1 aromatic rings. The molecule has 0 N–H and O–H groups in total. The number of carbonyl (C=O) groups excluding carboxylic acids is 1. The van der Waals surface area contributed by atoms with E-state index in [0.717, 1.165) is 11.8 Å². The summed E-state index contributed by atoms with van der Waals surface area (Å²) in [6.07, 6.45) is 1.59. The highest BCUT2D eigenvalue weighted by Crippen LogP contribution is 2.15. The summed E-state index contributed by atoms with van der Waals surface area (Å²) in [5.74, 6) is -0.204. The van der Waals surface area contributed by atoms with Gasteiger partial charge in [-0.2, -0.15) is 0 Å².